The Morgan fingerprint density at radius 2 is 1.93 bits per heavy atom. The molecular formula is C12H14O3. The van der Waals surface area contributed by atoms with Gasteiger partial charge in [0.05, 0.1) is 5.92 Å². The van der Waals surface area contributed by atoms with Crippen molar-refractivity contribution in [2.75, 3.05) is 0 Å². The molecule has 0 saturated heterocycles. The molecule has 15 heavy (non-hydrogen) atoms. The first-order valence-electron chi connectivity index (χ1n) is 4.92. The SMILES string of the molecule is CCC(=O)c1ccccc1C(C)C(=O)O. The highest BCUT2D eigenvalue weighted by molar-refractivity contribution is 5.98. The summed E-state index contributed by atoms with van der Waals surface area (Å²) in [5.41, 5.74) is 1.12. The van der Waals surface area contributed by atoms with Crippen LogP contribution in [0, 0.1) is 0 Å². The van der Waals surface area contributed by atoms with Crippen molar-refractivity contribution in [2.45, 2.75) is 26.2 Å². The molecule has 3 nitrogen and oxygen atoms in total. The molecule has 0 saturated carbocycles. The minimum absolute atomic E-state index is 0.0151. The zero-order valence-corrected chi connectivity index (χ0v) is 8.86. The number of ketones is 1. The van der Waals surface area contributed by atoms with Crippen LogP contribution in [-0.2, 0) is 4.79 Å². The normalized spacial score (nSPS) is 12.1. The van der Waals surface area contributed by atoms with E-state index in [1.54, 1.807) is 38.1 Å². The number of hydrogen-bond donors (Lipinski definition) is 1. The van der Waals surface area contributed by atoms with Crippen LogP contribution in [0.15, 0.2) is 24.3 Å². The van der Waals surface area contributed by atoms with Crippen LogP contribution in [-0.4, -0.2) is 16.9 Å². The van der Waals surface area contributed by atoms with Crippen molar-refractivity contribution in [3.8, 4) is 0 Å². The maximum atomic E-state index is 11.6. The van der Waals surface area contributed by atoms with Crippen LogP contribution < -0.4 is 0 Å². The number of carbonyl (C=O) groups is 2. The summed E-state index contributed by atoms with van der Waals surface area (Å²) in [6, 6.07) is 6.88. The molecule has 0 spiro atoms. The fourth-order valence-corrected chi connectivity index (χ4v) is 1.45. The van der Waals surface area contributed by atoms with Crippen LogP contribution in [0.2, 0.25) is 0 Å². The molecule has 1 N–H and O–H groups in total. The van der Waals surface area contributed by atoms with Gasteiger partial charge in [-0.15, -0.1) is 0 Å². The molecule has 80 valence electrons. The zero-order valence-electron chi connectivity index (χ0n) is 8.86. The van der Waals surface area contributed by atoms with E-state index in [4.69, 9.17) is 5.11 Å². The standard InChI is InChI=1S/C12H14O3/c1-3-11(13)10-7-5-4-6-9(10)8(2)12(14)15/h4-8H,3H2,1-2H3,(H,14,15). The van der Waals surface area contributed by atoms with Gasteiger partial charge in [-0.05, 0) is 12.5 Å². The number of hydrogen-bond acceptors (Lipinski definition) is 2. The number of carbonyl (C=O) groups excluding carboxylic acids is 1. The van der Waals surface area contributed by atoms with Gasteiger partial charge in [-0.2, -0.15) is 0 Å². The molecule has 0 radical (unpaired) electrons. The third-order valence-corrected chi connectivity index (χ3v) is 2.42. The first kappa shape index (κ1) is 11.4. The van der Waals surface area contributed by atoms with E-state index < -0.39 is 11.9 Å². The third-order valence-electron chi connectivity index (χ3n) is 2.42. The molecule has 0 amide bonds. The van der Waals surface area contributed by atoms with Crippen LogP contribution in [0.5, 0.6) is 0 Å². The second-order valence-electron chi connectivity index (χ2n) is 3.42. The maximum absolute atomic E-state index is 11.6. The van der Waals surface area contributed by atoms with E-state index >= 15 is 0 Å². The zero-order chi connectivity index (χ0) is 11.4. The topological polar surface area (TPSA) is 54.4 Å². The molecule has 0 heterocycles. The molecular weight excluding hydrogens is 192 g/mol. The van der Waals surface area contributed by atoms with Gasteiger partial charge in [0.15, 0.2) is 5.78 Å². The molecule has 1 unspecified atom stereocenters. The van der Waals surface area contributed by atoms with Gasteiger partial charge in [0, 0.05) is 12.0 Å². The fraction of sp³-hybridized carbons (Fsp3) is 0.333. The van der Waals surface area contributed by atoms with E-state index in [1.807, 2.05) is 0 Å². The van der Waals surface area contributed by atoms with E-state index in [9.17, 15) is 9.59 Å². The maximum Gasteiger partial charge on any atom is 0.310 e. The quantitative estimate of drug-likeness (QED) is 0.770. The summed E-state index contributed by atoms with van der Waals surface area (Å²) in [5, 5.41) is 8.90. The van der Waals surface area contributed by atoms with Gasteiger partial charge < -0.3 is 5.11 Å². The number of benzene rings is 1. The number of rotatable bonds is 4. The van der Waals surface area contributed by atoms with Gasteiger partial charge in [-0.3, -0.25) is 9.59 Å². The van der Waals surface area contributed by atoms with Gasteiger partial charge in [-0.25, -0.2) is 0 Å². The first-order chi connectivity index (χ1) is 7.07. The van der Waals surface area contributed by atoms with Crippen molar-refractivity contribution in [1.82, 2.24) is 0 Å². The van der Waals surface area contributed by atoms with Crippen LogP contribution in [0.4, 0.5) is 0 Å². The highest BCUT2D eigenvalue weighted by atomic mass is 16.4. The lowest BCUT2D eigenvalue weighted by Crippen LogP contribution is -2.12. The molecule has 0 aliphatic rings. The summed E-state index contributed by atoms with van der Waals surface area (Å²) in [6.45, 7) is 3.36. The lowest BCUT2D eigenvalue weighted by molar-refractivity contribution is -0.138. The highest BCUT2D eigenvalue weighted by Gasteiger charge is 2.19. The summed E-state index contributed by atoms with van der Waals surface area (Å²) in [4.78, 5) is 22.4. The predicted octanol–water partition coefficient (Wildman–Crippen LogP) is 2.47. The highest BCUT2D eigenvalue weighted by Crippen LogP contribution is 2.21. The Hall–Kier alpha value is -1.64. The Bertz CT molecular complexity index is 382. The van der Waals surface area contributed by atoms with Crippen molar-refractivity contribution in [3.63, 3.8) is 0 Å². The summed E-state index contributed by atoms with van der Waals surface area (Å²) in [7, 11) is 0. The fourth-order valence-electron chi connectivity index (χ4n) is 1.45. The van der Waals surface area contributed by atoms with Crippen molar-refractivity contribution in [1.29, 1.82) is 0 Å². The molecule has 0 aromatic heterocycles. The van der Waals surface area contributed by atoms with E-state index in [0.29, 0.717) is 17.5 Å². The Balaban J connectivity index is 3.17. The van der Waals surface area contributed by atoms with Gasteiger partial charge in [0.2, 0.25) is 0 Å². The average Bonchev–Trinajstić information content (AvgIpc) is 2.27. The van der Waals surface area contributed by atoms with E-state index in [0.717, 1.165) is 0 Å². The number of Topliss-reactive ketones (excluding diaryl/α,β-unsaturated/α-hetero) is 1. The molecule has 0 fully saturated rings. The van der Waals surface area contributed by atoms with E-state index in [1.165, 1.54) is 0 Å². The summed E-state index contributed by atoms with van der Waals surface area (Å²) in [6.07, 6.45) is 0.392. The number of carboxylic acid groups (broad SMARTS) is 1. The summed E-state index contributed by atoms with van der Waals surface area (Å²) < 4.78 is 0. The molecule has 3 heteroatoms. The van der Waals surface area contributed by atoms with Crippen molar-refractivity contribution >= 4 is 11.8 Å². The molecule has 1 aromatic carbocycles. The van der Waals surface area contributed by atoms with Gasteiger partial charge in [-0.1, -0.05) is 31.2 Å². The second kappa shape index (κ2) is 4.73. The van der Waals surface area contributed by atoms with Gasteiger partial charge in [0.25, 0.3) is 0 Å². The van der Waals surface area contributed by atoms with Gasteiger partial charge in [0.1, 0.15) is 0 Å². The van der Waals surface area contributed by atoms with E-state index in [2.05, 4.69) is 0 Å². The number of carboxylic acids is 1. The predicted molar refractivity (Wildman–Crippen MR) is 57.1 cm³/mol. The van der Waals surface area contributed by atoms with Crippen LogP contribution in [0.25, 0.3) is 0 Å². The Labute approximate surface area is 88.7 Å². The molecule has 1 aromatic rings. The largest absolute Gasteiger partial charge is 0.481 e. The molecule has 1 rings (SSSR count). The van der Waals surface area contributed by atoms with Crippen LogP contribution in [0.3, 0.4) is 0 Å². The van der Waals surface area contributed by atoms with Crippen LogP contribution in [0.1, 0.15) is 42.1 Å². The Morgan fingerprint density at radius 3 is 2.47 bits per heavy atom. The molecule has 0 aliphatic carbocycles. The molecule has 0 aliphatic heterocycles. The van der Waals surface area contributed by atoms with E-state index in [-0.39, 0.29) is 5.78 Å². The second-order valence-corrected chi connectivity index (χ2v) is 3.42. The average molecular weight is 206 g/mol. The summed E-state index contributed by atoms with van der Waals surface area (Å²) in [5.74, 6) is -1.57. The smallest absolute Gasteiger partial charge is 0.310 e. The van der Waals surface area contributed by atoms with Crippen LogP contribution >= 0.6 is 0 Å². The summed E-state index contributed by atoms with van der Waals surface area (Å²) >= 11 is 0. The van der Waals surface area contributed by atoms with Crippen molar-refractivity contribution in [2.24, 2.45) is 0 Å². The molecule has 1 atom stereocenters. The lowest BCUT2D eigenvalue weighted by Gasteiger charge is -2.11. The minimum Gasteiger partial charge on any atom is -0.481 e. The van der Waals surface area contributed by atoms with Crippen molar-refractivity contribution < 1.29 is 14.7 Å². The molecule has 0 bridgehead atoms. The lowest BCUT2D eigenvalue weighted by atomic mass is 9.93. The number of aliphatic carboxylic acids is 1. The van der Waals surface area contributed by atoms with Gasteiger partial charge >= 0.3 is 5.97 Å². The first-order valence-corrected chi connectivity index (χ1v) is 4.92. The minimum atomic E-state index is -0.911. The van der Waals surface area contributed by atoms with Crippen molar-refractivity contribution in [3.05, 3.63) is 35.4 Å². The third kappa shape index (κ3) is 2.43. The Kier molecular flexibility index (Phi) is 3.61. The monoisotopic (exact) mass is 206 g/mol. The Morgan fingerprint density at radius 1 is 1.33 bits per heavy atom.